The summed E-state index contributed by atoms with van der Waals surface area (Å²) in [6.07, 6.45) is -1.05. The van der Waals surface area contributed by atoms with Crippen LogP contribution in [0.15, 0.2) is 0 Å². The third kappa shape index (κ3) is 11.4. The molecule has 0 saturated carbocycles. The third-order valence-corrected chi connectivity index (χ3v) is 4.66. The van der Waals surface area contributed by atoms with Gasteiger partial charge in [0.05, 0.1) is 6.04 Å². The van der Waals surface area contributed by atoms with E-state index in [0.29, 0.717) is 0 Å². The second-order valence-electron chi connectivity index (χ2n) is 6.43. The molecule has 0 aliphatic rings. The zero-order valence-corrected chi connectivity index (χ0v) is 18.2. The molecule has 9 N–H and O–H groups in total. The molecule has 0 aromatic heterocycles. The largest absolute Gasteiger partial charge is 0.481 e. The molecule has 4 amide bonds. The van der Waals surface area contributed by atoms with Crippen molar-refractivity contribution in [2.45, 2.75) is 49.9 Å². The van der Waals surface area contributed by atoms with Gasteiger partial charge in [0.15, 0.2) is 0 Å². The monoisotopic (exact) mass is 481 g/mol. The summed E-state index contributed by atoms with van der Waals surface area (Å²) in [6.45, 7) is 0. The Labute approximate surface area is 188 Å². The van der Waals surface area contributed by atoms with Crippen LogP contribution >= 0.6 is 25.3 Å². The van der Waals surface area contributed by atoms with E-state index in [0.717, 1.165) is 0 Å². The van der Waals surface area contributed by atoms with Gasteiger partial charge < -0.3 is 37.6 Å². The fourth-order valence-electron chi connectivity index (χ4n) is 2.17. The molecule has 4 unspecified atom stereocenters. The van der Waals surface area contributed by atoms with E-state index in [9.17, 15) is 28.8 Å². The van der Waals surface area contributed by atoms with E-state index >= 15 is 0 Å². The van der Waals surface area contributed by atoms with Gasteiger partial charge in [-0.1, -0.05) is 0 Å². The van der Waals surface area contributed by atoms with Crippen LogP contribution in [0.1, 0.15) is 25.7 Å². The maximum atomic E-state index is 12.6. The van der Waals surface area contributed by atoms with Crippen molar-refractivity contribution in [1.82, 2.24) is 16.0 Å². The topological polar surface area (TPSA) is 231 Å². The van der Waals surface area contributed by atoms with Crippen LogP contribution in [0.3, 0.4) is 0 Å². The van der Waals surface area contributed by atoms with Gasteiger partial charge in [-0.15, -0.1) is 0 Å². The average Bonchev–Trinajstić information content (AvgIpc) is 2.70. The Kier molecular flexibility index (Phi) is 13.3. The molecule has 0 aromatic rings. The van der Waals surface area contributed by atoms with Crippen LogP contribution in [0.2, 0.25) is 0 Å². The van der Waals surface area contributed by atoms with Crippen LogP contribution in [-0.4, -0.2) is 81.5 Å². The number of primary amides is 1. The van der Waals surface area contributed by atoms with Gasteiger partial charge in [0.25, 0.3) is 0 Å². The SMILES string of the molecule is NC(=O)CCC(N)C(=O)NC(CCC(=O)O)C(=O)NC(CS)C(=O)NC(CS)C(=O)O. The van der Waals surface area contributed by atoms with Crippen molar-refractivity contribution in [3.8, 4) is 0 Å². The summed E-state index contributed by atoms with van der Waals surface area (Å²) in [5.41, 5.74) is 10.6. The van der Waals surface area contributed by atoms with Gasteiger partial charge in [0, 0.05) is 24.3 Å². The zero-order valence-electron chi connectivity index (χ0n) is 16.4. The quantitative estimate of drug-likeness (QED) is 0.107. The van der Waals surface area contributed by atoms with Crippen LogP contribution in [0.4, 0.5) is 0 Å². The number of rotatable bonds is 15. The smallest absolute Gasteiger partial charge is 0.327 e. The second-order valence-corrected chi connectivity index (χ2v) is 7.16. The number of amides is 4. The molecule has 0 rings (SSSR count). The summed E-state index contributed by atoms with van der Waals surface area (Å²) in [5, 5.41) is 24.6. The van der Waals surface area contributed by atoms with E-state index in [1.807, 2.05) is 0 Å². The van der Waals surface area contributed by atoms with E-state index < -0.39 is 66.2 Å². The van der Waals surface area contributed by atoms with Gasteiger partial charge in [0.2, 0.25) is 23.6 Å². The first-order valence-electron chi connectivity index (χ1n) is 9.04. The minimum Gasteiger partial charge on any atom is -0.481 e. The molecule has 13 nitrogen and oxygen atoms in total. The number of nitrogens with one attached hydrogen (secondary N) is 3. The van der Waals surface area contributed by atoms with Crippen LogP contribution in [0, 0.1) is 0 Å². The predicted molar refractivity (Wildman–Crippen MR) is 114 cm³/mol. The van der Waals surface area contributed by atoms with Gasteiger partial charge in [-0.3, -0.25) is 24.0 Å². The maximum absolute atomic E-state index is 12.6. The standard InChI is InChI=1S/C16H27N5O8S2/c17-7(1-3-11(18)22)13(25)19-8(2-4-12(23)24)14(26)20-9(5-30)15(27)21-10(6-31)16(28)29/h7-10,30-31H,1-6,17H2,(H2,18,22)(H,19,25)(H,20,26)(H,21,27)(H,23,24)(H,28,29). The van der Waals surface area contributed by atoms with Crippen molar-refractivity contribution >= 4 is 60.8 Å². The molecule has 0 heterocycles. The molecule has 0 aromatic carbocycles. The van der Waals surface area contributed by atoms with Gasteiger partial charge in [-0.2, -0.15) is 25.3 Å². The van der Waals surface area contributed by atoms with Crippen molar-refractivity contribution in [2.75, 3.05) is 11.5 Å². The molecular formula is C16H27N5O8S2. The highest BCUT2D eigenvalue weighted by Crippen LogP contribution is 2.03. The lowest BCUT2D eigenvalue weighted by molar-refractivity contribution is -0.141. The number of carboxylic acids is 2. The van der Waals surface area contributed by atoms with Crippen LogP contribution in [0.25, 0.3) is 0 Å². The Morgan fingerprint density at radius 3 is 1.68 bits per heavy atom. The summed E-state index contributed by atoms with van der Waals surface area (Å²) in [6, 6.07) is -5.12. The number of carboxylic acid groups (broad SMARTS) is 2. The summed E-state index contributed by atoms with van der Waals surface area (Å²) >= 11 is 7.77. The number of carbonyl (C=O) groups excluding carboxylic acids is 4. The number of aliphatic carboxylic acids is 2. The van der Waals surface area contributed by atoms with Gasteiger partial charge >= 0.3 is 11.9 Å². The predicted octanol–water partition coefficient (Wildman–Crippen LogP) is -3.16. The van der Waals surface area contributed by atoms with Gasteiger partial charge in [0.1, 0.15) is 18.1 Å². The number of hydrogen-bond donors (Lipinski definition) is 9. The Balaban J connectivity index is 5.21. The Morgan fingerprint density at radius 1 is 0.742 bits per heavy atom. The van der Waals surface area contributed by atoms with Crippen molar-refractivity contribution in [3.05, 3.63) is 0 Å². The minimum absolute atomic E-state index is 0.0869. The molecular weight excluding hydrogens is 454 g/mol. The highest BCUT2D eigenvalue weighted by Gasteiger charge is 2.29. The first kappa shape index (κ1) is 28.5. The molecule has 0 radical (unpaired) electrons. The molecule has 4 atom stereocenters. The van der Waals surface area contributed by atoms with Crippen molar-refractivity contribution in [1.29, 1.82) is 0 Å². The minimum atomic E-state index is -1.36. The van der Waals surface area contributed by atoms with E-state index in [-0.39, 0.29) is 30.8 Å². The zero-order chi connectivity index (χ0) is 24.1. The summed E-state index contributed by atoms with van der Waals surface area (Å²) in [4.78, 5) is 69.7. The Hall–Kier alpha value is -2.52. The Bertz CT molecular complexity index is 693. The number of carbonyl (C=O) groups is 6. The maximum Gasteiger partial charge on any atom is 0.327 e. The highest BCUT2D eigenvalue weighted by atomic mass is 32.1. The fraction of sp³-hybridized carbons (Fsp3) is 0.625. The number of nitrogens with two attached hydrogens (primary N) is 2. The first-order valence-corrected chi connectivity index (χ1v) is 10.3. The average molecular weight is 482 g/mol. The Morgan fingerprint density at radius 2 is 1.23 bits per heavy atom. The first-order chi connectivity index (χ1) is 14.4. The number of hydrogen-bond acceptors (Lipinski definition) is 9. The van der Waals surface area contributed by atoms with Gasteiger partial charge in [-0.05, 0) is 12.8 Å². The molecule has 0 fully saturated rings. The molecule has 0 aliphatic heterocycles. The van der Waals surface area contributed by atoms with Crippen LogP contribution < -0.4 is 27.4 Å². The molecule has 15 heteroatoms. The van der Waals surface area contributed by atoms with Crippen molar-refractivity contribution in [2.24, 2.45) is 11.5 Å². The van der Waals surface area contributed by atoms with E-state index in [1.165, 1.54) is 0 Å². The van der Waals surface area contributed by atoms with E-state index in [4.69, 9.17) is 21.7 Å². The molecule has 0 saturated heterocycles. The molecule has 31 heavy (non-hydrogen) atoms. The van der Waals surface area contributed by atoms with E-state index in [1.54, 1.807) is 0 Å². The molecule has 0 bridgehead atoms. The lowest BCUT2D eigenvalue weighted by atomic mass is 10.1. The highest BCUT2D eigenvalue weighted by molar-refractivity contribution is 7.80. The van der Waals surface area contributed by atoms with Crippen LogP contribution in [0.5, 0.6) is 0 Å². The van der Waals surface area contributed by atoms with E-state index in [2.05, 4.69) is 41.2 Å². The fourth-order valence-corrected chi connectivity index (χ4v) is 2.67. The number of thiol groups is 2. The molecule has 0 spiro atoms. The second kappa shape index (κ2) is 14.5. The summed E-state index contributed by atoms with van der Waals surface area (Å²) < 4.78 is 0. The van der Waals surface area contributed by atoms with Crippen molar-refractivity contribution < 1.29 is 39.0 Å². The summed E-state index contributed by atoms with van der Waals surface area (Å²) in [5.74, 6) is -6.22. The van der Waals surface area contributed by atoms with Crippen LogP contribution in [-0.2, 0) is 28.8 Å². The lowest BCUT2D eigenvalue weighted by Gasteiger charge is -2.24. The molecule has 176 valence electrons. The summed E-state index contributed by atoms with van der Waals surface area (Å²) in [7, 11) is 0. The van der Waals surface area contributed by atoms with Crippen molar-refractivity contribution in [3.63, 3.8) is 0 Å². The van der Waals surface area contributed by atoms with Gasteiger partial charge in [-0.25, -0.2) is 4.79 Å². The molecule has 0 aliphatic carbocycles. The normalized spacial score (nSPS) is 14.4. The third-order valence-electron chi connectivity index (χ3n) is 3.93. The lowest BCUT2D eigenvalue weighted by Crippen LogP contribution is -2.58.